The van der Waals surface area contributed by atoms with Gasteiger partial charge in [0.1, 0.15) is 5.82 Å². The van der Waals surface area contributed by atoms with Gasteiger partial charge in [0, 0.05) is 12.1 Å². The molecule has 2 aromatic rings. The van der Waals surface area contributed by atoms with Gasteiger partial charge in [-0.25, -0.2) is 9.18 Å². The second kappa shape index (κ2) is 5.48. The Balaban J connectivity index is 2.20. The van der Waals surface area contributed by atoms with Crippen LogP contribution in [0.1, 0.15) is 15.9 Å². The number of nitrogens with one attached hydrogen (secondary N) is 1. The number of aromatic hydroxyl groups is 2. The Bertz CT molecular complexity index is 658. The van der Waals surface area contributed by atoms with E-state index in [-0.39, 0.29) is 29.3 Å². The van der Waals surface area contributed by atoms with E-state index in [1.807, 2.05) is 0 Å². The molecule has 0 heterocycles. The maximum atomic E-state index is 13.5. The van der Waals surface area contributed by atoms with Gasteiger partial charge in [0.2, 0.25) is 0 Å². The predicted molar refractivity (Wildman–Crippen MR) is 70.5 cm³/mol. The zero-order chi connectivity index (χ0) is 14.7. The molecule has 6 heteroatoms. The van der Waals surface area contributed by atoms with Crippen LogP contribution in [-0.4, -0.2) is 21.3 Å². The summed E-state index contributed by atoms with van der Waals surface area (Å²) in [7, 11) is 0. The standard InChI is InChI=1S/C14H12FNO4/c15-10-5-4-8(14(19)20)6-11(10)16-7-9-2-1-3-12(17)13(9)18/h1-6,16-18H,7H2,(H,19,20). The number of carbonyl (C=O) groups is 1. The summed E-state index contributed by atoms with van der Waals surface area (Å²) < 4.78 is 13.5. The van der Waals surface area contributed by atoms with Gasteiger partial charge in [-0.15, -0.1) is 0 Å². The lowest BCUT2D eigenvalue weighted by atomic mass is 10.1. The number of benzene rings is 2. The molecule has 0 aromatic heterocycles. The lowest BCUT2D eigenvalue weighted by Gasteiger charge is -2.10. The molecule has 104 valence electrons. The van der Waals surface area contributed by atoms with E-state index in [2.05, 4.69) is 5.32 Å². The fourth-order valence-corrected chi connectivity index (χ4v) is 1.70. The van der Waals surface area contributed by atoms with Crippen molar-refractivity contribution in [1.29, 1.82) is 0 Å². The minimum atomic E-state index is -1.16. The quantitative estimate of drug-likeness (QED) is 0.645. The normalized spacial score (nSPS) is 10.2. The SMILES string of the molecule is O=C(O)c1ccc(F)c(NCc2cccc(O)c2O)c1. The van der Waals surface area contributed by atoms with Crippen molar-refractivity contribution in [3.63, 3.8) is 0 Å². The Labute approximate surface area is 113 Å². The number of phenols is 2. The number of para-hydroxylation sites is 1. The van der Waals surface area contributed by atoms with Gasteiger partial charge in [0.25, 0.3) is 0 Å². The van der Waals surface area contributed by atoms with Crippen LogP contribution in [0.4, 0.5) is 10.1 Å². The molecule has 0 bridgehead atoms. The van der Waals surface area contributed by atoms with Crippen molar-refractivity contribution < 1.29 is 24.5 Å². The van der Waals surface area contributed by atoms with Gasteiger partial charge in [-0.05, 0) is 24.3 Å². The van der Waals surface area contributed by atoms with Gasteiger partial charge < -0.3 is 20.6 Å². The molecule has 5 nitrogen and oxygen atoms in total. The molecule has 20 heavy (non-hydrogen) atoms. The Morgan fingerprint density at radius 2 is 1.95 bits per heavy atom. The second-order valence-corrected chi connectivity index (χ2v) is 4.14. The summed E-state index contributed by atoms with van der Waals surface area (Å²) in [5.74, 6) is -2.33. The van der Waals surface area contributed by atoms with Crippen molar-refractivity contribution in [2.24, 2.45) is 0 Å². The molecule has 0 aliphatic rings. The number of hydrogen-bond donors (Lipinski definition) is 4. The Morgan fingerprint density at radius 1 is 1.20 bits per heavy atom. The molecular weight excluding hydrogens is 265 g/mol. The van der Waals surface area contributed by atoms with E-state index in [9.17, 15) is 19.4 Å². The lowest BCUT2D eigenvalue weighted by Crippen LogP contribution is -2.04. The van der Waals surface area contributed by atoms with Crippen molar-refractivity contribution in [2.45, 2.75) is 6.54 Å². The highest BCUT2D eigenvalue weighted by Gasteiger charge is 2.10. The van der Waals surface area contributed by atoms with Crippen molar-refractivity contribution >= 4 is 11.7 Å². The maximum absolute atomic E-state index is 13.5. The highest BCUT2D eigenvalue weighted by atomic mass is 19.1. The highest BCUT2D eigenvalue weighted by molar-refractivity contribution is 5.88. The molecule has 0 amide bonds. The number of carboxylic acid groups (broad SMARTS) is 1. The zero-order valence-electron chi connectivity index (χ0n) is 10.3. The van der Waals surface area contributed by atoms with Crippen LogP contribution in [-0.2, 0) is 6.54 Å². The van der Waals surface area contributed by atoms with Gasteiger partial charge in [-0.2, -0.15) is 0 Å². The third-order valence-electron chi connectivity index (χ3n) is 2.78. The van der Waals surface area contributed by atoms with Crippen LogP contribution in [0.2, 0.25) is 0 Å². The molecule has 0 unspecified atom stereocenters. The third-order valence-corrected chi connectivity index (χ3v) is 2.78. The molecule has 4 N–H and O–H groups in total. The molecule has 0 fully saturated rings. The molecular formula is C14H12FNO4. The van der Waals surface area contributed by atoms with Crippen LogP contribution in [0.5, 0.6) is 11.5 Å². The summed E-state index contributed by atoms with van der Waals surface area (Å²) in [6.45, 7) is 0.0419. The first-order chi connectivity index (χ1) is 9.49. The van der Waals surface area contributed by atoms with E-state index in [4.69, 9.17) is 5.11 Å². The predicted octanol–water partition coefficient (Wildman–Crippen LogP) is 2.55. The average Bonchev–Trinajstić information content (AvgIpc) is 2.41. The lowest BCUT2D eigenvalue weighted by molar-refractivity contribution is 0.0697. The maximum Gasteiger partial charge on any atom is 0.335 e. The molecule has 0 aliphatic heterocycles. The fraction of sp³-hybridized carbons (Fsp3) is 0.0714. The van der Waals surface area contributed by atoms with Crippen LogP contribution in [0.25, 0.3) is 0 Å². The number of anilines is 1. The van der Waals surface area contributed by atoms with E-state index >= 15 is 0 Å². The molecule has 0 saturated carbocycles. The Kier molecular flexibility index (Phi) is 3.74. The topological polar surface area (TPSA) is 89.8 Å². The zero-order valence-corrected chi connectivity index (χ0v) is 10.3. The Hall–Kier alpha value is -2.76. The molecule has 0 spiro atoms. The smallest absolute Gasteiger partial charge is 0.335 e. The number of carboxylic acids is 1. The van der Waals surface area contributed by atoms with Gasteiger partial charge in [0.05, 0.1) is 11.3 Å². The summed E-state index contributed by atoms with van der Waals surface area (Å²) in [5, 5.41) is 30.5. The van der Waals surface area contributed by atoms with Crippen LogP contribution in [0.3, 0.4) is 0 Å². The molecule has 0 saturated heterocycles. The molecule has 0 atom stereocenters. The molecule has 0 aliphatic carbocycles. The number of halogens is 1. The van der Waals surface area contributed by atoms with Crippen LogP contribution >= 0.6 is 0 Å². The van der Waals surface area contributed by atoms with Crippen molar-refractivity contribution in [2.75, 3.05) is 5.32 Å². The van der Waals surface area contributed by atoms with Crippen molar-refractivity contribution in [3.8, 4) is 11.5 Å². The minimum Gasteiger partial charge on any atom is -0.504 e. The van der Waals surface area contributed by atoms with Crippen LogP contribution < -0.4 is 5.32 Å². The average molecular weight is 277 g/mol. The van der Waals surface area contributed by atoms with Gasteiger partial charge in [-0.3, -0.25) is 0 Å². The second-order valence-electron chi connectivity index (χ2n) is 4.14. The van der Waals surface area contributed by atoms with E-state index in [1.54, 1.807) is 6.07 Å². The molecule has 2 aromatic carbocycles. The van der Waals surface area contributed by atoms with E-state index in [0.717, 1.165) is 18.2 Å². The first kappa shape index (κ1) is 13.7. The van der Waals surface area contributed by atoms with E-state index in [0.29, 0.717) is 5.56 Å². The van der Waals surface area contributed by atoms with Crippen molar-refractivity contribution in [1.82, 2.24) is 0 Å². The fourth-order valence-electron chi connectivity index (χ4n) is 1.70. The van der Waals surface area contributed by atoms with Crippen molar-refractivity contribution in [3.05, 3.63) is 53.3 Å². The van der Waals surface area contributed by atoms with Gasteiger partial charge in [-0.1, -0.05) is 12.1 Å². The first-order valence-electron chi connectivity index (χ1n) is 5.75. The molecule has 2 rings (SSSR count). The number of phenolic OH excluding ortho intramolecular Hbond substituents is 2. The van der Waals surface area contributed by atoms with Crippen LogP contribution in [0, 0.1) is 5.82 Å². The number of aromatic carboxylic acids is 1. The minimum absolute atomic E-state index is 0.00708. The summed E-state index contributed by atoms with van der Waals surface area (Å²) in [5.41, 5.74) is 0.326. The van der Waals surface area contributed by atoms with Crippen LogP contribution in [0.15, 0.2) is 36.4 Å². The Morgan fingerprint density at radius 3 is 2.65 bits per heavy atom. The summed E-state index contributed by atoms with van der Waals surface area (Å²) in [6.07, 6.45) is 0. The largest absolute Gasteiger partial charge is 0.504 e. The van der Waals surface area contributed by atoms with E-state index in [1.165, 1.54) is 12.1 Å². The first-order valence-corrected chi connectivity index (χ1v) is 5.75. The molecule has 0 radical (unpaired) electrons. The summed E-state index contributed by atoms with van der Waals surface area (Å²) in [4.78, 5) is 10.8. The number of hydrogen-bond acceptors (Lipinski definition) is 4. The monoisotopic (exact) mass is 277 g/mol. The summed E-state index contributed by atoms with van der Waals surface area (Å²) in [6, 6.07) is 7.79. The highest BCUT2D eigenvalue weighted by Crippen LogP contribution is 2.29. The summed E-state index contributed by atoms with van der Waals surface area (Å²) >= 11 is 0. The van der Waals surface area contributed by atoms with Gasteiger partial charge >= 0.3 is 5.97 Å². The van der Waals surface area contributed by atoms with Gasteiger partial charge in [0.15, 0.2) is 11.5 Å². The third kappa shape index (κ3) is 2.80. The van der Waals surface area contributed by atoms with E-state index < -0.39 is 11.8 Å². The number of rotatable bonds is 4.